The van der Waals surface area contributed by atoms with Gasteiger partial charge in [0.15, 0.2) is 10.8 Å². The van der Waals surface area contributed by atoms with Crippen molar-refractivity contribution >= 4 is 33.5 Å². The molecule has 0 radical (unpaired) electrons. The van der Waals surface area contributed by atoms with Crippen LogP contribution in [0.5, 0.6) is 0 Å². The molecule has 128 valence electrons. The van der Waals surface area contributed by atoms with E-state index in [4.69, 9.17) is 16.3 Å². The minimum atomic E-state index is -0.324. The highest BCUT2D eigenvalue weighted by molar-refractivity contribution is 6.33. The molecule has 6 heteroatoms. The maximum atomic E-state index is 6.53. The summed E-state index contributed by atoms with van der Waals surface area (Å²) >= 11 is 6.15. The molecule has 0 spiro atoms. The van der Waals surface area contributed by atoms with Crippen molar-refractivity contribution in [1.82, 2.24) is 19.5 Å². The number of hydrogen-bond donors (Lipinski definition) is 0. The molecule has 4 aromatic rings. The molecular formula is C20H15ClN4O. The maximum absolute atomic E-state index is 6.53. The summed E-state index contributed by atoms with van der Waals surface area (Å²) in [6.45, 7) is 0.679. The van der Waals surface area contributed by atoms with Crippen LogP contribution in [0.4, 0.5) is 0 Å². The van der Waals surface area contributed by atoms with Crippen LogP contribution in [-0.4, -0.2) is 19.5 Å². The zero-order chi connectivity index (χ0) is 17.3. The Morgan fingerprint density at radius 3 is 2.88 bits per heavy atom. The van der Waals surface area contributed by atoms with Gasteiger partial charge in [-0.15, -0.1) is 0 Å². The van der Waals surface area contributed by atoms with E-state index in [2.05, 4.69) is 51.4 Å². The fraction of sp³-hybridized carbons (Fsp3) is 0.250. The van der Waals surface area contributed by atoms with Gasteiger partial charge in [-0.2, -0.15) is 0 Å². The van der Waals surface area contributed by atoms with Gasteiger partial charge in [0.2, 0.25) is 0 Å². The molecule has 0 N–H and O–H groups in total. The zero-order valence-corrected chi connectivity index (χ0v) is 14.6. The summed E-state index contributed by atoms with van der Waals surface area (Å²) in [7, 11) is 0. The smallest absolute Gasteiger partial charge is 0.164 e. The van der Waals surface area contributed by atoms with Crippen molar-refractivity contribution in [3.05, 3.63) is 65.3 Å². The average Bonchev–Trinajstić information content (AvgIpc) is 3.34. The molecule has 2 aliphatic heterocycles. The van der Waals surface area contributed by atoms with Crippen LogP contribution in [0.1, 0.15) is 30.1 Å². The summed E-state index contributed by atoms with van der Waals surface area (Å²) in [5, 5.41) is 2.90. The molecule has 4 heterocycles. The monoisotopic (exact) mass is 362 g/mol. The first-order valence-electron chi connectivity index (χ1n) is 8.76. The number of imidazole rings is 1. The Labute approximate surface area is 154 Å². The van der Waals surface area contributed by atoms with Crippen molar-refractivity contribution in [3.63, 3.8) is 0 Å². The van der Waals surface area contributed by atoms with E-state index in [-0.39, 0.29) is 11.7 Å². The molecule has 2 unspecified atom stereocenters. The van der Waals surface area contributed by atoms with Crippen LogP contribution in [-0.2, 0) is 16.9 Å². The van der Waals surface area contributed by atoms with Crippen LogP contribution in [0, 0.1) is 0 Å². The highest BCUT2D eigenvalue weighted by Gasteiger charge is 2.51. The third-order valence-corrected chi connectivity index (χ3v) is 5.99. The zero-order valence-electron chi connectivity index (χ0n) is 13.9. The Balaban J connectivity index is 1.51. The predicted molar refractivity (Wildman–Crippen MR) is 99.0 cm³/mol. The van der Waals surface area contributed by atoms with E-state index in [0.717, 1.165) is 18.5 Å². The number of aromatic nitrogens is 4. The highest BCUT2D eigenvalue weighted by Crippen LogP contribution is 2.56. The molecule has 5 nitrogen and oxygen atoms in total. The number of benzene rings is 2. The summed E-state index contributed by atoms with van der Waals surface area (Å²) in [5.41, 5.74) is 3.69. The molecule has 6 rings (SSSR count). The molecule has 0 amide bonds. The third kappa shape index (κ3) is 1.87. The van der Waals surface area contributed by atoms with Crippen molar-refractivity contribution in [2.75, 3.05) is 0 Å². The standard InChI is InChI=1S/C20H15ClN4O/c21-18-17-19(23-10-22-18)25(11-24-17)9-20-6-5-16(26-20)14-7-12-3-1-2-4-13(12)8-15(14)20/h1-4,7-8,10-11,16H,5-6,9H2. The lowest BCUT2D eigenvalue weighted by atomic mass is 9.81. The van der Waals surface area contributed by atoms with Crippen LogP contribution in [0.2, 0.25) is 5.15 Å². The fourth-order valence-corrected chi connectivity index (χ4v) is 4.71. The molecular weight excluding hydrogens is 348 g/mol. The second-order valence-electron chi connectivity index (χ2n) is 7.14. The van der Waals surface area contributed by atoms with Crippen LogP contribution >= 0.6 is 11.6 Å². The Morgan fingerprint density at radius 2 is 2.00 bits per heavy atom. The fourth-order valence-electron chi connectivity index (χ4n) is 4.53. The van der Waals surface area contributed by atoms with Crippen LogP contribution in [0.25, 0.3) is 21.9 Å². The molecule has 2 aromatic carbocycles. The second kappa shape index (κ2) is 5.02. The Morgan fingerprint density at radius 1 is 1.15 bits per heavy atom. The second-order valence-corrected chi connectivity index (χ2v) is 7.49. The first-order valence-corrected chi connectivity index (χ1v) is 9.14. The van der Waals surface area contributed by atoms with E-state index in [9.17, 15) is 0 Å². The first-order chi connectivity index (χ1) is 12.7. The minimum absolute atomic E-state index is 0.183. The van der Waals surface area contributed by atoms with Gasteiger partial charge >= 0.3 is 0 Å². The van der Waals surface area contributed by atoms with Crippen LogP contribution in [0.3, 0.4) is 0 Å². The van der Waals surface area contributed by atoms with Crippen LogP contribution in [0.15, 0.2) is 49.1 Å². The lowest BCUT2D eigenvalue weighted by molar-refractivity contribution is -0.0328. The number of hydrogen-bond acceptors (Lipinski definition) is 4. The molecule has 26 heavy (non-hydrogen) atoms. The minimum Gasteiger partial charge on any atom is -0.360 e. The van der Waals surface area contributed by atoms with Crippen molar-refractivity contribution in [3.8, 4) is 0 Å². The summed E-state index contributed by atoms with van der Waals surface area (Å²) in [6, 6.07) is 13.1. The van der Waals surface area contributed by atoms with Gasteiger partial charge in [-0.1, -0.05) is 35.9 Å². The van der Waals surface area contributed by atoms with Crippen molar-refractivity contribution < 1.29 is 4.74 Å². The molecule has 1 saturated heterocycles. The topological polar surface area (TPSA) is 52.8 Å². The van der Waals surface area contributed by atoms with E-state index in [0.29, 0.717) is 17.2 Å². The third-order valence-electron chi connectivity index (χ3n) is 5.72. The summed E-state index contributed by atoms with van der Waals surface area (Å²) < 4.78 is 8.57. The van der Waals surface area contributed by atoms with Gasteiger partial charge in [0, 0.05) is 0 Å². The van der Waals surface area contributed by atoms with Crippen molar-refractivity contribution in [2.24, 2.45) is 0 Å². The normalized spacial score (nSPS) is 23.8. The molecule has 0 saturated carbocycles. The number of halogens is 1. The highest BCUT2D eigenvalue weighted by atomic mass is 35.5. The molecule has 0 aliphatic carbocycles. The number of nitrogens with zero attached hydrogens (tertiary/aromatic N) is 4. The van der Waals surface area contributed by atoms with E-state index in [1.165, 1.54) is 28.2 Å². The number of ether oxygens (including phenoxy) is 1. The van der Waals surface area contributed by atoms with Crippen molar-refractivity contribution in [1.29, 1.82) is 0 Å². The Hall–Kier alpha value is -2.50. The molecule has 2 bridgehead atoms. The van der Waals surface area contributed by atoms with Gasteiger partial charge < -0.3 is 9.30 Å². The maximum Gasteiger partial charge on any atom is 0.164 e. The Bertz CT molecular complexity index is 1190. The van der Waals surface area contributed by atoms with Crippen molar-refractivity contribution in [2.45, 2.75) is 31.1 Å². The molecule has 1 fully saturated rings. The first kappa shape index (κ1) is 14.6. The lowest BCUT2D eigenvalue weighted by Crippen LogP contribution is -2.28. The average molecular weight is 363 g/mol. The summed E-state index contributed by atoms with van der Waals surface area (Å²) in [4.78, 5) is 12.8. The van der Waals surface area contributed by atoms with Gasteiger partial charge in [-0.25, -0.2) is 15.0 Å². The van der Waals surface area contributed by atoms with Gasteiger partial charge in [-0.3, -0.25) is 0 Å². The predicted octanol–water partition coefficient (Wildman–Crippen LogP) is 4.39. The number of rotatable bonds is 2. The van der Waals surface area contributed by atoms with E-state index in [1.54, 1.807) is 6.33 Å². The van der Waals surface area contributed by atoms with Gasteiger partial charge in [0.25, 0.3) is 0 Å². The van der Waals surface area contributed by atoms with E-state index < -0.39 is 0 Å². The largest absolute Gasteiger partial charge is 0.360 e. The number of fused-ring (bicyclic) bond motifs is 7. The molecule has 2 atom stereocenters. The van der Waals surface area contributed by atoms with Gasteiger partial charge in [0.1, 0.15) is 17.4 Å². The Kier molecular flexibility index (Phi) is 2.83. The van der Waals surface area contributed by atoms with Gasteiger partial charge in [-0.05, 0) is 46.9 Å². The SMILES string of the molecule is Clc1ncnc2c1ncn2CC12CCC(O1)c1cc3ccccc3cc12. The summed E-state index contributed by atoms with van der Waals surface area (Å²) in [6.07, 6.45) is 5.50. The van der Waals surface area contributed by atoms with Crippen LogP contribution < -0.4 is 0 Å². The van der Waals surface area contributed by atoms with E-state index in [1.807, 2.05) is 4.57 Å². The quantitative estimate of drug-likeness (QED) is 0.496. The molecule has 2 aromatic heterocycles. The lowest BCUT2D eigenvalue weighted by Gasteiger charge is -2.27. The molecule has 2 aliphatic rings. The van der Waals surface area contributed by atoms with E-state index >= 15 is 0 Å². The van der Waals surface area contributed by atoms with Gasteiger partial charge in [0.05, 0.1) is 19.0 Å². The summed E-state index contributed by atoms with van der Waals surface area (Å²) in [5.74, 6) is 0.